The minimum absolute atomic E-state index is 0.0281. The summed E-state index contributed by atoms with van der Waals surface area (Å²) in [5.41, 5.74) is 1.02. The fourth-order valence-corrected chi connectivity index (χ4v) is 3.74. The van der Waals surface area contributed by atoms with Crippen LogP contribution in [0.5, 0.6) is 5.75 Å². The van der Waals surface area contributed by atoms with Crippen LogP contribution in [0.1, 0.15) is 96.0 Å². The molecule has 1 saturated carbocycles. The molecule has 1 aromatic carbocycles. The molecule has 3 nitrogen and oxygen atoms in total. The second-order valence-corrected chi connectivity index (χ2v) is 8.07. The van der Waals surface area contributed by atoms with E-state index in [1.807, 2.05) is 30.3 Å². The summed E-state index contributed by atoms with van der Waals surface area (Å²) in [6.07, 6.45) is 19.9. The number of rotatable bonds is 7. The SMILES string of the molecule is CCCCOc1ccc(/C=C/C(=O)NC2CCCCCCCCCCC2)cc1. The van der Waals surface area contributed by atoms with Gasteiger partial charge in [0.25, 0.3) is 0 Å². The average Bonchev–Trinajstić information content (AvgIpc) is 2.70. The average molecular weight is 386 g/mol. The molecule has 1 amide bonds. The Morgan fingerprint density at radius 1 is 0.964 bits per heavy atom. The lowest BCUT2D eigenvalue weighted by Crippen LogP contribution is -2.33. The molecule has 156 valence electrons. The summed E-state index contributed by atoms with van der Waals surface area (Å²) in [7, 11) is 0. The summed E-state index contributed by atoms with van der Waals surface area (Å²) in [6, 6.07) is 8.27. The van der Waals surface area contributed by atoms with Crippen molar-refractivity contribution in [1.29, 1.82) is 0 Å². The van der Waals surface area contributed by atoms with Crippen LogP contribution in [0.4, 0.5) is 0 Å². The van der Waals surface area contributed by atoms with Crippen LogP contribution in [0.3, 0.4) is 0 Å². The molecular formula is C25H39NO2. The summed E-state index contributed by atoms with van der Waals surface area (Å²) in [5, 5.41) is 3.24. The second kappa shape index (κ2) is 14.3. The smallest absolute Gasteiger partial charge is 0.244 e. The van der Waals surface area contributed by atoms with Crippen LogP contribution in [0.15, 0.2) is 30.3 Å². The maximum absolute atomic E-state index is 12.4. The predicted molar refractivity (Wildman–Crippen MR) is 119 cm³/mol. The van der Waals surface area contributed by atoms with Crippen LogP contribution in [-0.4, -0.2) is 18.6 Å². The molecule has 1 aromatic rings. The standard InChI is InChI=1S/C25H39NO2/c1-2-3-21-28-24-18-15-22(16-19-24)17-20-25(27)26-23-13-11-9-7-5-4-6-8-10-12-14-23/h15-20,23H,2-14,21H2,1H3,(H,26,27)/b20-17+. The van der Waals surface area contributed by atoms with Crippen molar-refractivity contribution in [3.63, 3.8) is 0 Å². The number of amides is 1. The summed E-state index contributed by atoms with van der Waals surface area (Å²) < 4.78 is 5.68. The Balaban J connectivity index is 1.78. The van der Waals surface area contributed by atoms with Crippen molar-refractivity contribution < 1.29 is 9.53 Å². The number of ether oxygens (including phenoxy) is 1. The maximum Gasteiger partial charge on any atom is 0.244 e. The van der Waals surface area contributed by atoms with Gasteiger partial charge in [-0.1, -0.05) is 83.3 Å². The van der Waals surface area contributed by atoms with Gasteiger partial charge in [-0.15, -0.1) is 0 Å². The van der Waals surface area contributed by atoms with E-state index in [9.17, 15) is 4.79 Å². The van der Waals surface area contributed by atoms with Crippen LogP contribution in [0.2, 0.25) is 0 Å². The van der Waals surface area contributed by atoms with E-state index in [0.29, 0.717) is 6.04 Å². The Morgan fingerprint density at radius 3 is 2.11 bits per heavy atom. The van der Waals surface area contributed by atoms with E-state index in [2.05, 4.69) is 12.2 Å². The maximum atomic E-state index is 12.4. The fourth-order valence-electron chi connectivity index (χ4n) is 3.74. The molecule has 0 atom stereocenters. The van der Waals surface area contributed by atoms with Crippen LogP contribution in [0, 0.1) is 0 Å². The highest BCUT2D eigenvalue weighted by atomic mass is 16.5. The number of carbonyl (C=O) groups excluding carboxylic acids is 1. The minimum atomic E-state index is 0.0281. The Labute approximate surface area is 171 Å². The lowest BCUT2D eigenvalue weighted by atomic mass is 9.98. The zero-order valence-electron chi connectivity index (χ0n) is 17.8. The molecule has 0 unspecified atom stereocenters. The highest BCUT2D eigenvalue weighted by Crippen LogP contribution is 2.17. The van der Waals surface area contributed by atoms with Gasteiger partial charge in [0.1, 0.15) is 5.75 Å². The predicted octanol–water partition coefficient (Wildman–Crippen LogP) is 6.67. The van der Waals surface area contributed by atoms with E-state index >= 15 is 0 Å². The van der Waals surface area contributed by atoms with Gasteiger partial charge in [-0.2, -0.15) is 0 Å². The first-order chi connectivity index (χ1) is 13.8. The number of unbranched alkanes of at least 4 members (excludes halogenated alkanes) is 1. The third-order valence-electron chi connectivity index (χ3n) is 5.53. The molecule has 0 aliphatic heterocycles. The van der Waals surface area contributed by atoms with Crippen molar-refractivity contribution >= 4 is 12.0 Å². The molecule has 0 radical (unpaired) electrons. The Morgan fingerprint density at radius 2 is 1.54 bits per heavy atom. The van der Waals surface area contributed by atoms with E-state index in [1.54, 1.807) is 6.08 Å². The third kappa shape index (κ3) is 9.96. The van der Waals surface area contributed by atoms with E-state index in [4.69, 9.17) is 4.74 Å². The van der Waals surface area contributed by atoms with Gasteiger partial charge in [0.05, 0.1) is 6.61 Å². The van der Waals surface area contributed by atoms with E-state index in [-0.39, 0.29) is 5.91 Å². The van der Waals surface area contributed by atoms with Crippen LogP contribution < -0.4 is 10.1 Å². The molecule has 1 aliphatic carbocycles. The summed E-state index contributed by atoms with van der Waals surface area (Å²) in [5.74, 6) is 0.920. The molecular weight excluding hydrogens is 346 g/mol. The van der Waals surface area contributed by atoms with Gasteiger partial charge in [-0.3, -0.25) is 4.79 Å². The zero-order valence-corrected chi connectivity index (χ0v) is 17.8. The Kier molecular flexibility index (Phi) is 11.5. The van der Waals surface area contributed by atoms with E-state index in [1.165, 1.54) is 57.8 Å². The van der Waals surface area contributed by atoms with Crippen molar-refractivity contribution in [3.8, 4) is 5.75 Å². The first kappa shape index (κ1) is 22.5. The van der Waals surface area contributed by atoms with Crippen molar-refractivity contribution in [2.45, 2.75) is 96.4 Å². The highest BCUT2D eigenvalue weighted by molar-refractivity contribution is 5.91. The van der Waals surface area contributed by atoms with Crippen LogP contribution >= 0.6 is 0 Å². The van der Waals surface area contributed by atoms with Gasteiger partial charge >= 0.3 is 0 Å². The van der Waals surface area contributed by atoms with Gasteiger partial charge < -0.3 is 10.1 Å². The highest BCUT2D eigenvalue weighted by Gasteiger charge is 2.11. The van der Waals surface area contributed by atoms with Gasteiger partial charge in [0, 0.05) is 12.1 Å². The normalized spacial score (nSPS) is 17.6. The van der Waals surface area contributed by atoms with Gasteiger partial charge in [-0.05, 0) is 43.0 Å². The molecule has 1 fully saturated rings. The van der Waals surface area contributed by atoms with Gasteiger partial charge in [-0.25, -0.2) is 0 Å². The van der Waals surface area contributed by atoms with E-state index < -0.39 is 0 Å². The zero-order chi connectivity index (χ0) is 19.9. The Hall–Kier alpha value is -1.77. The molecule has 1 aliphatic rings. The molecule has 0 bridgehead atoms. The first-order valence-corrected chi connectivity index (χ1v) is 11.5. The molecule has 0 heterocycles. The second-order valence-electron chi connectivity index (χ2n) is 8.07. The van der Waals surface area contributed by atoms with Crippen molar-refractivity contribution in [3.05, 3.63) is 35.9 Å². The number of benzene rings is 1. The van der Waals surface area contributed by atoms with Crippen molar-refractivity contribution in [1.82, 2.24) is 5.32 Å². The molecule has 0 aromatic heterocycles. The lowest BCUT2D eigenvalue weighted by molar-refractivity contribution is -0.117. The molecule has 0 saturated heterocycles. The minimum Gasteiger partial charge on any atom is -0.494 e. The molecule has 1 N–H and O–H groups in total. The summed E-state index contributed by atoms with van der Waals surface area (Å²) in [6.45, 7) is 2.92. The largest absolute Gasteiger partial charge is 0.494 e. The molecule has 2 rings (SSSR count). The number of hydrogen-bond donors (Lipinski definition) is 1. The Bertz CT molecular complexity index is 552. The van der Waals surface area contributed by atoms with Crippen molar-refractivity contribution in [2.75, 3.05) is 6.61 Å². The summed E-state index contributed by atoms with van der Waals surface area (Å²) >= 11 is 0. The lowest BCUT2D eigenvalue weighted by Gasteiger charge is -2.18. The third-order valence-corrected chi connectivity index (χ3v) is 5.53. The fraction of sp³-hybridized carbons (Fsp3) is 0.640. The summed E-state index contributed by atoms with van der Waals surface area (Å²) in [4.78, 5) is 12.4. The van der Waals surface area contributed by atoms with Gasteiger partial charge in [0.2, 0.25) is 5.91 Å². The molecule has 28 heavy (non-hydrogen) atoms. The quantitative estimate of drug-likeness (QED) is 0.420. The number of hydrogen-bond acceptors (Lipinski definition) is 2. The number of carbonyl (C=O) groups is 1. The van der Waals surface area contributed by atoms with E-state index in [0.717, 1.165) is 43.6 Å². The molecule has 0 spiro atoms. The van der Waals surface area contributed by atoms with Crippen LogP contribution in [0.25, 0.3) is 6.08 Å². The monoisotopic (exact) mass is 385 g/mol. The number of nitrogens with one attached hydrogen (secondary N) is 1. The first-order valence-electron chi connectivity index (χ1n) is 11.5. The van der Waals surface area contributed by atoms with Crippen LogP contribution in [-0.2, 0) is 4.79 Å². The van der Waals surface area contributed by atoms with Crippen molar-refractivity contribution in [2.24, 2.45) is 0 Å². The van der Waals surface area contributed by atoms with Gasteiger partial charge in [0.15, 0.2) is 0 Å². The molecule has 3 heteroatoms. The topological polar surface area (TPSA) is 38.3 Å².